The molecular weight excluding hydrogens is 340 g/mol. The molecule has 0 bridgehead atoms. The molecule has 1 heterocycles. The minimum Gasteiger partial charge on any atom is -0.463 e. The van der Waals surface area contributed by atoms with Gasteiger partial charge in [0.25, 0.3) is 0 Å². The second kappa shape index (κ2) is 6.37. The van der Waals surface area contributed by atoms with Crippen LogP contribution >= 0.6 is 11.6 Å². The summed E-state index contributed by atoms with van der Waals surface area (Å²) in [6, 6.07) is 11.7. The predicted molar refractivity (Wildman–Crippen MR) is 98.0 cm³/mol. The third-order valence-corrected chi connectivity index (χ3v) is 3.98. The number of fused-ring (bicyclic) bond motifs is 1. The molecule has 0 amide bonds. The van der Waals surface area contributed by atoms with Crippen LogP contribution in [0.25, 0.3) is 22.1 Å². The smallest absolute Gasteiger partial charge is 0.316 e. The maximum atomic E-state index is 12.7. The number of hydrogen-bond acceptors (Lipinski definition) is 4. The molecule has 0 N–H and O–H groups in total. The monoisotopic (exact) mass is 356 g/mol. The number of carbonyl (C=O) groups is 1. The highest BCUT2D eigenvalue weighted by atomic mass is 35.5. The molecule has 5 heteroatoms. The van der Waals surface area contributed by atoms with Gasteiger partial charge in [-0.2, -0.15) is 0 Å². The Labute approximate surface area is 150 Å². The third kappa shape index (κ3) is 3.59. The first-order valence-corrected chi connectivity index (χ1v) is 8.17. The average molecular weight is 357 g/mol. The lowest BCUT2D eigenvalue weighted by atomic mass is 9.97. The lowest BCUT2D eigenvalue weighted by Crippen LogP contribution is -2.25. The maximum absolute atomic E-state index is 12.7. The van der Waals surface area contributed by atoms with E-state index in [1.165, 1.54) is 6.26 Å². The van der Waals surface area contributed by atoms with Gasteiger partial charge in [0.2, 0.25) is 0 Å². The highest BCUT2D eigenvalue weighted by Gasteiger charge is 2.24. The maximum Gasteiger partial charge on any atom is 0.316 e. The molecule has 0 spiro atoms. The summed E-state index contributed by atoms with van der Waals surface area (Å²) < 4.78 is 10.9. The summed E-state index contributed by atoms with van der Waals surface area (Å²) in [5.74, 6) is -0.0122. The minimum atomic E-state index is -0.617. The molecule has 3 aromatic rings. The van der Waals surface area contributed by atoms with Gasteiger partial charge in [-0.25, -0.2) is 0 Å². The van der Waals surface area contributed by atoms with E-state index in [1.807, 2.05) is 0 Å². The van der Waals surface area contributed by atoms with Gasteiger partial charge in [0.15, 0.2) is 5.43 Å². The molecule has 1 aromatic heterocycles. The van der Waals surface area contributed by atoms with Gasteiger partial charge >= 0.3 is 5.97 Å². The lowest BCUT2D eigenvalue weighted by Gasteiger charge is -2.16. The molecule has 4 nitrogen and oxygen atoms in total. The summed E-state index contributed by atoms with van der Waals surface area (Å²) in [6.45, 7) is 5.32. The first-order chi connectivity index (χ1) is 11.8. The van der Waals surface area contributed by atoms with E-state index in [1.54, 1.807) is 63.2 Å². The van der Waals surface area contributed by atoms with Crippen molar-refractivity contribution in [2.75, 3.05) is 0 Å². The van der Waals surface area contributed by atoms with E-state index in [9.17, 15) is 9.59 Å². The molecule has 2 aromatic carbocycles. The number of ether oxygens (including phenoxy) is 1. The number of hydrogen-bond donors (Lipinski definition) is 0. The summed E-state index contributed by atoms with van der Waals surface area (Å²) in [4.78, 5) is 24.7. The van der Waals surface area contributed by atoms with E-state index in [0.29, 0.717) is 27.3 Å². The SMILES string of the molecule is CC(C)(C)C(=O)Oc1ccc2c(=O)c(-c3ccc(Cl)cc3)coc2c1. The molecule has 0 saturated carbocycles. The van der Waals surface area contributed by atoms with Gasteiger partial charge in [-0.3, -0.25) is 9.59 Å². The first-order valence-electron chi connectivity index (χ1n) is 7.79. The molecule has 0 radical (unpaired) electrons. The summed E-state index contributed by atoms with van der Waals surface area (Å²) in [6.07, 6.45) is 1.41. The Morgan fingerprint density at radius 3 is 2.40 bits per heavy atom. The number of rotatable bonds is 2. The number of benzene rings is 2. The molecule has 0 aliphatic rings. The second-order valence-electron chi connectivity index (χ2n) is 6.78. The quantitative estimate of drug-likeness (QED) is 0.475. The molecule has 0 atom stereocenters. The molecular formula is C20H17ClO4. The Bertz CT molecular complexity index is 995. The van der Waals surface area contributed by atoms with Crippen LogP contribution in [0.2, 0.25) is 5.02 Å². The van der Waals surface area contributed by atoms with Gasteiger partial charge < -0.3 is 9.15 Å². The Kier molecular flexibility index (Phi) is 4.39. The summed E-state index contributed by atoms with van der Waals surface area (Å²) >= 11 is 5.88. The summed E-state index contributed by atoms with van der Waals surface area (Å²) in [5.41, 5.74) is 0.764. The van der Waals surface area contributed by atoms with Crippen molar-refractivity contribution in [3.8, 4) is 16.9 Å². The van der Waals surface area contributed by atoms with Gasteiger partial charge in [-0.1, -0.05) is 23.7 Å². The average Bonchev–Trinajstić information content (AvgIpc) is 2.55. The fraction of sp³-hybridized carbons (Fsp3) is 0.200. The van der Waals surface area contributed by atoms with Crippen LogP contribution in [0.3, 0.4) is 0 Å². The van der Waals surface area contributed by atoms with E-state index in [4.69, 9.17) is 20.8 Å². The predicted octanol–water partition coefficient (Wildman–Crippen LogP) is 5.06. The van der Waals surface area contributed by atoms with Crippen molar-refractivity contribution in [2.24, 2.45) is 5.41 Å². The largest absolute Gasteiger partial charge is 0.463 e. The van der Waals surface area contributed by atoms with Crippen LogP contribution < -0.4 is 10.2 Å². The van der Waals surface area contributed by atoms with Gasteiger partial charge in [-0.15, -0.1) is 0 Å². The van der Waals surface area contributed by atoms with Crippen molar-refractivity contribution in [1.29, 1.82) is 0 Å². The van der Waals surface area contributed by atoms with E-state index in [0.717, 1.165) is 5.56 Å². The van der Waals surface area contributed by atoms with Crippen LogP contribution in [0, 0.1) is 5.41 Å². The van der Waals surface area contributed by atoms with Crippen LogP contribution in [0.5, 0.6) is 5.75 Å². The van der Waals surface area contributed by atoms with Crippen LogP contribution in [0.1, 0.15) is 20.8 Å². The van der Waals surface area contributed by atoms with Crippen LogP contribution in [0.15, 0.2) is 57.9 Å². The normalized spacial score (nSPS) is 11.5. The molecule has 0 aliphatic heterocycles. The standard InChI is InChI=1S/C20H17ClO4/c1-20(2,3)19(23)25-14-8-9-15-17(10-14)24-11-16(18(15)22)12-4-6-13(21)7-5-12/h4-11H,1-3H3. The van der Waals surface area contributed by atoms with Gasteiger partial charge in [0.1, 0.15) is 17.6 Å². The zero-order valence-electron chi connectivity index (χ0n) is 14.1. The molecule has 0 unspecified atom stereocenters. The zero-order valence-corrected chi connectivity index (χ0v) is 14.9. The molecule has 25 heavy (non-hydrogen) atoms. The van der Waals surface area contributed by atoms with Crippen LogP contribution in [-0.4, -0.2) is 5.97 Å². The lowest BCUT2D eigenvalue weighted by molar-refractivity contribution is -0.142. The Morgan fingerprint density at radius 2 is 1.76 bits per heavy atom. The Morgan fingerprint density at radius 1 is 1.08 bits per heavy atom. The summed E-state index contributed by atoms with van der Waals surface area (Å²) in [5, 5.41) is 1.02. The summed E-state index contributed by atoms with van der Waals surface area (Å²) in [7, 11) is 0. The highest BCUT2D eigenvalue weighted by Crippen LogP contribution is 2.25. The fourth-order valence-electron chi connectivity index (χ4n) is 2.26. The topological polar surface area (TPSA) is 56.5 Å². The van der Waals surface area contributed by atoms with Crippen molar-refractivity contribution < 1.29 is 13.9 Å². The number of esters is 1. The minimum absolute atomic E-state index is 0.155. The molecule has 0 aliphatic carbocycles. The van der Waals surface area contributed by atoms with Crippen molar-refractivity contribution in [2.45, 2.75) is 20.8 Å². The van der Waals surface area contributed by atoms with Crippen molar-refractivity contribution in [1.82, 2.24) is 0 Å². The van der Waals surface area contributed by atoms with E-state index < -0.39 is 5.41 Å². The van der Waals surface area contributed by atoms with E-state index in [2.05, 4.69) is 0 Å². The second-order valence-corrected chi connectivity index (χ2v) is 7.22. The molecule has 128 valence electrons. The van der Waals surface area contributed by atoms with Crippen molar-refractivity contribution in [3.05, 3.63) is 64.0 Å². The molecule has 3 rings (SSSR count). The number of halogens is 1. The highest BCUT2D eigenvalue weighted by molar-refractivity contribution is 6.30. The Balaban J connectivity index is 2.01. The molecule has 0 fully saturated rings. The van der Waals surface area contributed by atoms with Gasteiger partial charge in [-0.05, 0) is 50.6 Å². The first kappa shape index (κ1) is 17.2. The van der Waals surface area contributed by atoms with Gasteiger partial charge in [0.05, 0.1) is 16.4 Å². The van der Waals surface area contributed by atoms with Crippen molar-refractivity contribution in [3.63, 3.8) is 0 Å². The zero-order chi connectivity index (χ0) is 18.2. The van der Waals surface area contributed by atoms with Crippen LogP contribution in [0.4, 0.5) is 0 Å². The van der Waals surface area contributed by atoms with E-state index in [-0.39, 0.29) is 11.4 Å². The van der Waals surface area contributed by atoms with Crippen molar-refractivity contribution >= 4 is 28.5 Å². The van der Waals surface area contributed by atoms with E-state index >= 15 is 0 Å². The number of carbonyl (C=O) groups excluding carboxylic acids is 1. The van der Waals surface area contributed by atoms with Crippen LogP contribution in [-0.2, 0) is 4.79 Å². The molecule has 0 saturated heterocycles. The Hall–Kier alpha value is -2.59. The fourth-order valence-corrected chi connectivity index (χ4v) is 2.39. The van der Waals surface area contributed by atoms with Gasteiger partial charge in [0, 0.05) is 11.1 Å². The third-order valence-electron chi connectivity index (χ3n) is 3.72.